The van der Waals surface area contributed by atoms with E-state index in [1.54, 1.807) is 0 Å². The lowest BCUT2D eigenvalue weighted by Gasteiger charge is -2.32. The van der Waals surface area contributed by atoms with Crippen LogP contribution in [0.25, 0.3) is 0 Å². The summed E-state index contributed by atoms with van der Waals surface area (Å²) in [6.07, 6.45) is 1.78. The van der Waals surface area contributed by atoms with Crippen molar-refractivity contribution in [2.45, 2.75) is 54.0 Å². The molecule has 1 aromatic heterocycles. The van der Waals surface area contributed by atoms with Crippen molar-refractivity contribution in [3.63, 3.8) is 0 Å². The third-order valence-corrected chi connectivity index (χ3v) is 4.94. The molecule has 0 aliphatic heterocycles. The van der Waals surface area contributed by atoms with E-state index in [0.29, 0.717) is 5.92 Å². The standard InChI is InChI=1S/C14H25BrN2O/c1-6-11-13(15)12(17(7-2)16-11)8-14(5,9-18)10(3)4/h10,18H,6-9H2,1-5H3. The number of rotatable bonds is 6. The number of aryl methyl sites for hydroxylation is 2. The van der Waals surface area contributed by atoms with E-state index in [-0.39, 0.29) is 12.0 Å². The molecule has 0 amide bonds. The number of hydrogen-bond acceptors (Lipinski definition) is 2. The molecule has 0 bridgehead atoms. The van der Waals surface area contributed by atoms with Gasteiger partial charge in [-0.05, 0) is 47.0 Å². The average molecular weight is 317 g/mol. The van der Waals surface area contributed by atoms with Gasteiger partial charge in [0.05, 0.1) is 15.9 Å². The Labute approximate surface area is 119 Å². The number of aromatic nitrogens is 2. The van der Waals surface area contributed by atoms with Crippen LogP contribution in [-0.4, -0.2) is 21.5 Å². The normalized spacial score (nSPS) is 15.1. The molecule has 1 rings (SSSR count). The van der Waals surface area contributed by atoms with Crippen LogP contribution in [0.15, 0.2) is 4.47 Å². The Bertz CT molecular complexity index is 401. The van der Waals surface area contributed by atoms with Gasteiger partial charge in [-0.2, -0.15) is 5.10 Å². The van der Waals surface area contributed by atoms with Gasteiger partial charge in [0.1, 0.15) is 0 Å². The maximum atomic E-state index is 9.69. The summed E-state index contributed by atoms with van der Waals surface area (Å²) in [5.41, 5.74) is 2.22. The van der Waals surface area contributed by atoms with E-state index in [1.807, 2.05) is 0 Å². The second kappa shape index (κ2) is 6.20. The lowest BCUT2D eigenvalue weighted by Crippen LogP contribution is -2.31. The minimum absolute atomic E-state index is 0.0967. The molecule has 3 nitrogen and oxygen atoms in total. The van der Waals surface area contributed by atoms with E-state index in [9.17, 15) is 5.11 Å². The summed E-state index contributed by atoms with van der Waals surface area (Å²) >= 11 is 3.67. The Hall–Kier alpha value is -0.350. The van der Waals surface area contributed by atoms with Crippen molar-refractivity contribution in [2.75, 3.05) is 6.61 Å². The van der Waals surface area contributed by atoms with Gasteiger partial charge in [-0.3, -0.25) is 4.68 Å². The summed E-state index contributed by atoms with van der Waals surface area (Å²) < 4.78 is 3.17. The molecule has 0 fully saturated rings. The summed E-state index contributed by atoms with van der Waals surface area (Å²) in [6, 6.07) is 0. The molecule has 1 atom stereocenters. The Morgan fingerprint density at radius 3 is 2.39 bits per heavy atom. The van der Waals surface area contributed by atoms with Gasteiger partial charge < -0.3 is 5.11 Å². The third-order valence-electron chi connectivity index (χ3n) is 4.02. The van der Waals surface area contributed by atoms with Crippen LogP contribution in [0.4, 0.5) is 0 Å². The molecule has 0 spiro atoms. The second-order valence-corrected chi connectivity index (χ2v) is 6.31. The predicted molar refractivity (Wildman–Crippen MR) is 78.7 cm³/mol. The third kappa shape index (κ3) is 2.97. The zero-order valence-corrected chi connectivity index (χ0v) is 13.7. The van der Waals surface area contributed by atoms with Crippen molar-refractivity contribution in [2.24, 2.45) is 11.3 Å². The van der Waals surface area contributed by atoms with E-state index in [1.165, 1.54) is 5.69 Å². The Kier molecular flexibility index (Phi) is 5.41. The maximum Gasteiger partial charge on any atom is 0.0766 e. The molecule has 0 saturated carbocycles. The average Bonchev–Trinajstić information content (AvgIpc) is 2.65. The number of aliphatic hydroxyl groups excluding tert-OH is 1. The van der Waals surface area contributed by atoms with Crippen molar-refractivity contribution >= 4 is 15.9 Å². The second-order valence-electron chi connectivity index (χ2n) is 5.52. The van der Waals surface area contributed by atoms with Crippen molar-refractivity contribution < 1.29 is 5.11 Å². The maximum absolute atomic E-state index is 9.69. The number of nitrogens with zero attached hydrogens (tertiary/aromatic N) is 2. The van der Waals surface area contributed by atoms with Crippen LogP contribution >= 0.6 is 15.9 Å². The SMILES string of the molecule is CCc1nn(CC)c(CC(C)(CO)C(C)C)c1Br. The lowest BCUT2D eigenvalue weighted by molar-refractivity contribution is 0.0923. The van der Waals surface area contributed by atoms with Crippen LogP contribution in [0.2, 0.25) is 0 Å². The summed E-state index contributed by atoms with van der Waals surface area (Å²) in [5, 5.41) is 14.3. The van der Waals surface area contributed by atoms with Gasteiger partial charge in [-0.25, -0.2) is 0 Å². The molecule has 0 radical (unpaired) electrons. The minimum atomic E-state index is -0.0967. The summed E-state index contributed by atoms with van der Waals surface area (Å²) in [4.78, 5) is 0. The van der Waals surface area contributed by atoms with Gasteiger partial charge in [-0.1, -0.05) is 27.7 Å². The first kappa shape index (κ1) is 15.7. The highest BCUT2D eigenvalue weighted by Gasteiger charge is 2.31. The van der Waals surface area contributed by atoms with Gasteiger partial charge >= 0.3 is 0 Å². The monoisotopic (exact) mass is 316 g/mol. The van der Waals surface area contributed by atoms with Crippen LogP contribution < -0.4 is 0 Å². The van der Waals surface area contributed by atoms with E-state index < -0.39 is 0 Å². The largest absolute Gasteiger partial charge is 0.396 e. The van der Waals surface area contributed by atoms with Crippen molar-refractivity contribution in [3.05, 3.63) is 15.9 Å². The summed E-state index contributed by atoms with van der Waals surface area (Å²) in [5.74, 6) is 0.430. The molecule has 1 N–H and O–H groups in total. The number of halogens is 1. The molecule has 1 heterocycles. The molecule has 0 saturated heterocycles. The first-order valence-electron chi connectivity index (χ1n) is 6.74. The predicted octanol–water partition coefficient (Wildman–Crippen LogP) is 3.43. The topological polar surface area (TPSA) is 38.0 Å². The molecule has 4 heteroatoms. The molecule has 1 aromatic rings. The first-order chi connectivity index (χ1) is 8.39. The molecule has 0 aliphatic carbocycles. The van der Waals surface area contributed by atoms with E-state index in [0.717, 1.165) is 29.6 Å². The molecule has 104 valence electrons. The Balaban J connectivity index is 3.13. The van der Waals surface area contributed by atoms with Crippen LogP contribution in [0.5, 0.6) is 0 Å². The van der Waals surface area contributed by atoms with Gasteiger partial charge in [-0.15, -0.1) is 0 Å². The quantitative estimate of drug-likeness (QED) is 0.873. The lowest BCUT2D eigenvalue weighted by atomic mass is 9.76. The summed E-state index contributed by atoms with van der Waals surface area (Å²) in [6.45, 7) is 11.8. The van der Waals surface area contributed by atoms with Gasteiger partial charge in [0.25, 0.3) is 0 Å². The van der Waals surface area contributed by atoms with E-state index in [4.69, 9.17) is 0 Å². The molecule has 18 heavy (non-hydrogen) atoms. The van der Waals surface area contributed by atoms with Gasteiger partial charge in [0.15, 0.2) is 0 Å². The van der Waals surface area contributed by atoms with Crippen molar-refractivity contribution in [3.8, 4) is 0 Å². The number of aliphatic hydroxyl groups is 1. The fraction of sp³-hybridized carbons (Fsp3) is 0.786. The molecule has 0 aliphatic rings. The molecular formula is C14H25BrN2O. The zero-order valence-electron chi connectivity index (χ0n) is 12.1. The highest BCUT2D eigenvalue weighted by atomic mass is 79.9. The highest BCUT2D eigenvalue weighted by Crippen LogP contribution is 2.34. The van der Waals surface area contributed by atoms with Crippen molar-refractivity contribution in [1.82, 2.24) is 9.78 Å². The zero-order chi connectivity index (χ0) is 13.9. The fourth-order valence-electron chi connectivity index (χ4n) is 2.01. The van der Waals surface area contributed by atoms with E-state index >= 15 is 0 Å². The van der Waals surface area contributed by atoms with Crippen LogP contribution in [0.1, 0.15) is 46.0 Å². The molecule has 1 unspecified atom stereocenters. The van der Waals surface area contributed by atoms with Crippen LogP contribution in [-0.2, 0) is 19.4 Å². The van der Waals surface area contributed by atoms with E-state index in [2.05, 4.69) is 60.3 Å². The summed E-state index contributed by atoms with van der Waals surface area (Å²) in [7, 11) is 0. The molecule has 0 aromatic carbocycles. The van der Waals surface area contributed by atoms with Crippen LogP contribution in [0, 0.1) is 11.3 Å². The van der Waals surface area contributed by atoms with Crippen molar-refractivity contribution in [1.29, 1.82) is 0 Å². The van der Waals surface area contributed by atoms with Gasteiger partial charge in [0.2, 0.25) is 0 Å². The Morgan fingerprint density at radius 1 is 1.39 bits per heavy atom. The minimum Gasteiger partial charge on any atom is -0.396 e. The van der Waals surface area contributed by atoms with Gasteiger partial charge in [0, 0.05) is 13.2 Å². The highest BCUT2D eigenvalue weighted by molar-refractivity contribution is 9.10. The number of hydrogen-bond donors (Lipinski definition) is 1. The smallest absolute Gasteiger partial charge is 0.0766 e. The fourth-order valence-corrected chi connectivity index (χ4v) is 2.72. The van der Waals surface area contributed by atoms with Crippen LogP contribution in [0.3, 0.4) is 0 Å². The molecular weight excluding hydrogens is 292 g/mol. The first-order valence-corrected chi connectivity index (χ1v) is 7.53. The Morgan fingerprint density at radius 2 is 2.00 bits per heavy atom.